The molecule has 1 aliphatic heterocycles. The molecule has 6 heteroatoms. The fourth-order valence-corrected chi connectivity index (χ4v) is 4.66. The molecule has 150 valence electrons. The molecule has 1 atom stereocenters. The Bertz CT molecular complexity index is 777. The van der Waals surface area contributed by atoms with Crippen LogP contribution in [0.5, 0.6) is 5.75 Å². The normalized spacial score (nSPS) is 19.8. The summed E-state index contributed by atoms with van der Waals surface area (Å²) in [7, 11) is 0. The van der Waals surface area contributed by atoms with Gasteiger partial charge in [0.2, 0.25) is 5.91 Å². The smallest absolute Gasteiger partial charge is 0.229 e. The predicted molar refractivity (Wildman–Crippen MR) is 110 cm³/mol. The summed E-state index contributed by atoms with van der Waals surface area (Å²) in [4.78, 5) is 19.6. The molecular weight excluding hydrogens is 372 g/mol. The summed E-state index contributed by atoms with van der Waals surface area (Å²) in [5, 5.41) is 3.01. The summed E-state index contributed by atoms with van der Waals surface area (Å²) in [6, 6.07) is 8.52. The van der Waals surface area contributed by atoms with Gasteiger partial charge in [-0.05, 0) is 37.5 Å². The Balaban J connectivity index is 1.42. The van der Waals surface area contributed by atoms with Gasteiger partial charge < -0.3 is 14.4 Å². The van der Waals surface area contributed by atoms with E-state index in [0.717, 1.165) is 47.9 Å². The van der Waals surface area contributed by atoms with Crippen LogP contribution in [0.1, 0.15) is 48.4 Å². The molecule has 1 amide bonds. The van der Waals surface area contributed by atoms with Gasteiger partial charge in [-0.3, -0.25) is 4.79 Å². The van der Waals surface area contributed by atoms with Crippen molar-refractivity contribution in [2.75, 3.05) is 13.2 Å². The van der Waals surface area contributed by atoms with Crippen molar-refractivity contribution in [3.05, 3.63) is 45.9 Å². The van der Waals surface area contributed by atoms with E-state index < -0.39 is 0 Å². The number of ether oxygens (including phenoxy) is 2. The van der Waals surface area contributed by atoms with Crippen molar-refractivity contribution in [3.8, 4) is 5.75 Å². The van der Waals surface area contributed by atoms with Gasteiger partial charge in [0.1, 0.15) is 11.9 Å². The number of thiazole rings is 1. The fraction of sp³-hybridized carbons (Fsp3) is 0.545. The first-order valence-electron chi connectivity index (χ1n) is 10.2. The summed E-state index contributed by atoms with van der Waals surface area (Å²) < 4.78 is 11.3. The van der Waals surface area contributed by atoms with Crippen molar-refractivity contribution in [1.82, 2.24) is 9.88 Å². The fourth-order valence-electron chi connectivity index (χ4n) is 4.05. The summed E-state index contributed by atoms with van der Waals surface area (Å²) in [5.74, 6) is 1.05. The number of hydrogen-bond acceptors (Lipinski definition) is 5. The highest BCUT2D eigenvalue weighted by molar-refractivity contribution is 7.09. The average Bonchev–Trinajstić information content (AvgIpc) is 3.45. The van der Waals surface area contributed by atoms with E-state index in [0.29, 0.717) is 25.6 Å². The van der Waals surface area contributed by atoms with Crippen molar-refractivity contribution >= 4 is 17.2 Å². The van der Waals surface area contributed by atoms with E-state index in [-0.39, 0.29) is 12.0 Å². The molecule has 0 N–H and O–H groups in total. The molecule has 5 nitrogen and oxygen atoms in total. The van der Waals surface area contributed by atoms with Crippen LogP contribution in [0.25, 0.3) is 0 Å². The number of aryl methyl sites for hydroxylation is 1. The highest BCUT2D eigenvalue weighted by atomic mass is 32.1. The first-order chi connectivity index (χ1) is 13.7. The topological polar surface area (TPSA) is 51.7 Å². The maximum atomic E-state index is 13.1. The van der Waals surface area contributed by atoms with Crippen LogP contribution in [0.2, 0.25) is 0 Å². The minimum absolute atomic E-state index is 0.156. The zero-order valence-electron chi connectivity index (χ0n) is 16.4. The number of rotatable bonds is 7. The summed E-state index contributed by atoms with van der Waals surface area (Å²) in [6.45, 7) is 4.08. The lowest BCUT2D eigenvalue weighted by Crippen LogP contribution is -2.39. The van der Waals surface area contributed by atoms with Crippen LogP contribution in [0.4, 0.5) is 0 Å². The van der Waals surface area contributed by atoms with E-state index in [2.05, 4.69) is 22.0 Å². The van der Waals surface area contributed by atoms with Crippen molar-refractivity contribution in [2.45, 2.75) is 64.1 Å². The number of carbonyl (C=O) groups is 1. The maximum absolute atomic E-state index is 13.1. The Kier molecular flexibility index (Phi) is 6.27. The number of aromatic nitrogens is 1. The van der Waals surface area contributed by atoms with E-state index in [1.165, 1.54) is 12.8 Å². The molecule has 1 aliphatic carbocycles. The van der Waals surface area contributed by atoms with E-state index in [1.807, 2.05) is 24.4 Å². The van der Waals surface area contributed by atoms with Crippen LogP contribution in [-0.2, 0) is 22.5 Å². The first-order valence-corrected chi connectivity index (χ1v) is 11.1. The van der Waals surface area contributed by atoms with Gasteiger partial charge in [-0.2, -0.15) is 0 Å². The zero-order chi connectivity index (χ0) is 19.3. The quantitative estimate of drug-likeness (QED) is 0.701. The second-order valence-electron chi connectivity index (χ2n) is 7.74. The maximum Gasteiger partial charge on any atom is 0.229 e. The molecule has 0 radical (unpaired) electrons. The van der Waals surface area contributed by atoms with Gasteiger partial charge in [0.05, 0.1) is 30.3 Å². The molecule has 0 spiro atoms. The molecule has 1 aromatic carbocycles. The van der Waals surface area contributed by atoms with Crippen molar-refractivity contribution in [1.29, 1.82) is 0 Å². The van der Waals surface area contributed by atoms with Gasteiger partial charge >= 0.3 is 0 Å². The number of nitrogens with zero attached hydrogens (tertiary/aromatic N) is 2. The van der Waals surface area contributed by atoms with Crippen LogP contribution >= 0.6 is 11.3 Å². The average molecular weight is 401 g/mol. The molecule has 2 fully saturated rings. The number of amides is 1. The second kappa shape index (κ2) is 9.05. The molecule has 0 bridgehead atoms. The molecule has 1 saturated carbocycles. The Morgan fingerprint density at radius 3 is 2.68 bits per heavy atom. The Morgan fingerprint density at radius 2 is 2.04 bits per heavy atom. The van der Waals surface area contributed by atoms with E-state index in [9.17, 15) is 4.79 Å². The minimum atomic E-state index is 0.156. The molecular formula is C22H28N2O3S. The van der Waals surface area contributed by atoms with Crippen LogP contribution in [0.15, 0.2) is 29.6 Å². The zero-order valence-corrected chi connectivity index (χ0v) is 17.2. The van der Waals surface area contributed by atoms with Gasteiger partial charge in [-0.1, -0.05) is 25.0 Å². The molecule has 4 rings (SSSR count). The van der Waals surface area contributed by atoms with Gasteiger partial charge in [0.15, 0.2) is 0 Å². The predicted octanol–water partition coefficient (Wildman–Crippen LogP) is 4.13. The molecule has 2 aromatic rings. The molecule has 1 aromatic heterocycles. The van der Waals surface area contributed by atoms with E-state index in [4.69, 9.17) is 9.47 Å². The molecule has 0 unspecified atom stereocenters. The monoisotopic (exact) mass is 400 g/mol. The lowest BCUT2D eigenvalue weighted by Gasteiger charge is -2.29. The molecule has 2 heterocycles. The third-order valence-electron chi connectivity index (χ3n) is 5.55. The first kappa shape index (κ1) is 19.4. The minimum Gasteiger partial charge on any atom is -0.488 e. The Labute approximate surface area is 170 Å². The number of benzene rings is 1. The van der Waals surface area contributed by atoms with Gasteiger partial charge in [-0.25, -0.2) is 4.98 Å². The standard InChI is InChI=1S/C22H28N2O3S/c1-16-23-18(15-28-16)12-22(25)24(19-4-2-3-5-19)13-17-6-8-20(9-7-17)27-21-10-11-26-14-21/h6-9,15,19,21H,2-5,10-14H2,1H3/t21-/m1/s1. The number of hydrogen-bond donors (Lipinski definition) is 0. The Morgan fingerprint density at radius 1 is 1.25 bits per heavy atom. The van der Waals surface area contributed by atoms with Crippen LogP contribution in [-0.4, -0.2) is 41.2 Å². The third kappa shape index (κ3) is 4.92. The van der Waals surface area contributed by atoms with Crippen LogP contribution in [0, 0.1) is 6.92 Å². The highest BCUT2D eigenvalue weighted by Gasteiger charge is 2.27. The van der Waals surface area contributed by atoms with Gasteiger partial charge in [0, 0.05) is 24.4 Å². The number of carbonyl (C=O) groups excluding carboxylic acids is 1. The van der Waals surface area contributed by atoms with E-state index >= 15 is 0 Å². The SMILES string of the molecule is Cc1nc(CC(=O)N(Cc2ccc(O[C@@H]3CCOC3)cc2)C2CCCC2)cs1. The summed E-state index contributed by atoms with van der Waals surface area (Å²) >= 11 is 1.60. The van der Waals surface area contributed by atoms with Crippen molar-refractivity contribution in [2.24, 2.45) is 0 Å². The highest BCUT2D eigenvalue weighted by Crippen LogP contribution is 2.27. The lowest BCUT2D eigenvalue weighted by atomic mass is 10.1. The molecule has 28 heavy (non-hydrogen) atoms. The summed E-state index contributed by atoms with van der Waals surface area (Å²) in [6.07, 6.45) is 6.12. The van der Waals surface area contributed by atoms with Crippen LogP contribution in [0.3, 0.4) is 0 Å². The second-order valence-corrected chi connectivity index (χ2v) is 8.80. The summed E-state index contributed by atoms with van der Waals surface area (Å²) in [5.41, 5.74) is 2.03. The van der Waals surface area contributed by atoms with Gasteiger partial charge in [0.25, 0.3) is 0 Å². The lowest BCUT2D eigenvalue weighted by molar-refractivity contribution is -0.133. The van der Waals surface area contributed by atoms with Crippen molar-refractivity contribution < 1.29 is 14.3 Å². The van der Waals surface area contributed by atoms with Crippen molar-refractivity contribution in [3.63, 3.8) is 0 Å². The Hall–Kier alpha value is -1.92. The van der Waals surface area contributed by atoms with Gasteiger partial charge in [-0.15, -0.1) is 11.3 Å². The largest absolute Gasteiger partial charge is 0.488 e. The molecule has 2 aliphatic rings. The third-order valence-corrected chi connectivity index (χ3v) is 6.37. The van der Waals surface area contributed by atoms with E-state index in [1.54, 1.807) is 11.3 Å². The molecule has 1 saturated heterocycles. The van der Waals surface area contributed by atoms with Crippen LogP contribution < -0.4 is 4.74 Å².